The van der Waals surface area contributed by atoms with Gasteiger partial charge in [0.15, 0.2) is 5.75 Å². The van der Waals surface area contributed by atoms with Crippen LogP contribution in [-0.4, -0.2) is 25.1 Å². The zero-order chi connectivity index (χ0) is 52.2. The Hall–Kier alpha value is -5.26. The number of para-hydroxylation sites is 1. The highest BCUT2D eigenvalue weighted by molar-refractivity contribution is 7.18. The molecule has 0 radical (unpaired) electrons. The molecule has 0 fully saturated rings. The number of rotatable bonds is 6. The third kappa shape index (κ3) is 15.4. The van der Waals surface area contributed by atoms with Gasteiger partial charge in [-0.2, -0.15) is 9.99 Å². The van der Waals surface area contributed by atoms with Gasteiger partial charge in [-0.3, -0.25) is 5.10 Å². The molecule has 10 heteroatoms. The first-order valence-electron chi connectivity index (χ1n) is 26.7. The Bertz CT molecular complexity index is 3030. The van der Waals surface area contributed by atoms with Crippen molar-refractivity contribution in [2.45, 2.75) is 177 Å². The Morgan fingerprint density at radius 1 is 0.493 bits per heavy atom. The summed E-state index contributed by atoms with van der Waals surface area (Å²) in [5.41, 5.74) is 14.6. The lowest BCUT2D eigenvalue weighted by Gasteiger charge is -2.07. The maximum Gasteiger partial charge on any atom is 0.171 e. The average Bonchev–Trinajstić information content (AvgIpc) is 4.25. The van der Waals surface area contributed by atoms with Crippen molar-refractivity contribution in [3.63, 3.8) is 0 Å². The summed E-state index contributed by atoms with van der Waals surface area (Å²) in [4.78, 5) is 25.1. The minimum atomic E-state index is 0.541. The van der Waals surface area contributed by atoms with Crippen molar-refractivity contribution in [1.29, 1.82) is 0 Å². The number of aromatic nitrogens is 5. The molecule has 386 valence electrons. The topological polar surface area (TPSA) is 85.8 Å². The fraction of sp³-hybridized carbons (Fsp3) is 0.429. The quantitative estimate of drug-likeness (QED) is 0.167. The van der Waals surface area contributed by atoms with Crippen molar-refractivity contribution in [2.75, 3.05) is 0 Å². The Balaban J connectivity index is 0.000000128. The molecule has 0 atom stereocenters. The second-order valence-corrected chi connectivity index (χ2v) is 24.8. The highest BCUT2D eigenvalue weighted by Gasteiger charge is 2.17. The molecule has 0 unspecified atom stereocenters. The van der Waals surface area contributed by atoms with Crippen LogP contribution in [0.4, 0.5) is 0 Å². The average molecular weight is 1030 g/mol. The van der Waals surface area contributed by atoms with E-state index in [9.17, 15) is 0 Å². The number of H-pyrrole nitrogens is 1. The van der Waals surface area contributed by atoms with Crippen LogP contribution in [0.2, 0.25) is 0 Å². The molecule has 1 N–H and O–H groups in total. The smallest absolute Gasteiger partial charge is 0.171 e. The predicted octanol–water partition coefficient (Wildman–Crippen LogP) is 18.9. The maximum absolute atomic E-state index is 4.99. The van der Waals surface area contributed by atoms with Crippen LogP contribution in [0, 0.1) is 6.92 Å². The largest absolute Gasteiger partial charge is 0.337 e. The number of benzene rings is 5. The van der Waals surface area contributed by atoms with Crippen LogP contribution in [0.3, 0.4) is 0 Å². The molecular formula is C63H79N5O2S3. The van der Waals surface area contributed by atoms with Crippen LogP contribution in [0.15, 0.2) is 103 Å². The van der Waals surface area contributed by atoms with Crippen molar-refractivity contribution in [3.05, 3.63) is 168 Å². The minimum absolute atomic E-state index is 0.541. The Kier molecular flexibility index (Phi) is 20.0. The van der Waals surface area contributed by atoms with Gasteiger partial charge < -0.3 is 4.89 Å². The first kappa shape index (κ1) is 55.5. The van der Waals surface area contributed by atoms with Gasteiger partial charge in [0.1, 0.15) is 6.61 Å². The van der Waals surface area contributed by atoms with Gasteiger partial charge in [0.05, 0.1) is 52.9 Å². The molecule has 3 aliphatic rings. The maximum atomic E-state index is 4.99. The molecule has 5 heterocycles. The Morgan fingerprint density at radius 3 is 1.79 bits per heavy atom. The molecule has 0 saturated carbocycles. The molecule has 0 spiro atoms. The number of aromatic amines is 1. The van der Waals surface area contributed by atoms with Crippen molar-refractivity contribution >= 4 is 65.3 Å². The summed E-state index contributed by atoms with van der Waals surface area (Å²) in [6.45, 7) is 29.1. The highest BCUT2D eigenvalue weighted by Crippen LogP contribution is 2.32. The molecule has 0 amide bonds. The lowest BCUT2D eigenvalue weighted by atomic mass is 9.99. The molecule has 4 aromatic heterocycles. The third-order valence-corrected chi connectivity index (χ3v) is 17.1. The number of nitrogens with one attached hydrogen (secondary N) is 1. The Labute approximate surface area is 448 Å². The normalized spacial score (nSPS) is 13.4. The summed E-state index contributed by atoms with van der Waals surface area (Å²) in [6.07, 6.45) is 11.0. The molecule has 73 heavy (non-hydrogen) atoms. The SMILES string of the molecule is CC(C)c1ccc2c(c1)CCC2.CC(C)c1ccc2c(c1)OOC2.CC(C)c1ccc2cn[nH]c2c1.CC(C)c1nc2c(s1)CCCC2.CC(C)c1nc2ccccc2s1.Cc1nc2cc(C(C)C)ccc2s1. The minimum Gasteiger partial charge on any atom is -0.337 e. The lowest BCUT2D eigenvalue weighted by molar-refractivity contribution is -0.194. The van der Waals surface area contributed by atoms with E-state index in [1.807, 2.05) is 29.7 Å². The van der Waals surface area contributed by atoms with E-state index in [0.29, 0.717) is 42.1 Å². The van der Waals surface area contributed by atoms with Crippen LogP contribution < -0.4 is 4.89 Å². The number of fused-ring (bicyclic) bond motifs is 6. The van der Waals surface area contributed by atoms with E-state index < -0.39 is 0 Å². The van der Waals surface area contributed by atoms with E-state index in [4.69, 9.17) is 9.78 Å². The van der Waals surface area contributed by atoms with Crippen molar-refractivity contribution in [3.8, 4) is 5.75 Å². The lowest BCUT2D eigenvalue weighted by Crippen LogP contribution is -1.99. The summed E-state index contributed by atoms with van der Waals surface area (Å²) in [7, 11) is 0. The molecule has 7 nitrogen and oxygen atoms in total. The van der Waals surface area contributed by atoms with E-state index in [1.165, 1.54) is 97.7 Å². The van der Waals surface area contributed by atoms with Gasteiger partial charge in [0, 0.05) is 27.7 Å². The molecule has 9 aromatic rings. The predicted molar refractivity (Wildman–Crippen MR) is 314 cm³/mol. The van der Waals surface area contributed by atoms with E-state index in [1.54, 1.807) is 38.7 Å². The second kappa shape index (κ2) is 26.3. The molecule has 1 aliphatic heterocycles. The van der Waals surface area contributed by atoms with Crippen LogP contribution in [0.1, 0.15) is 202 Å². The second-order valence-electron chi connectivity index (χ2n) is 21.3. The highest BCUT2D eigenvalue weighted by atomic mass is 32.1. The van der Waals surface area contributed by atoms with Crippen molar-refractivity contribution in [2.24, 2.45) is 0 Å². The van der Waals surface area contributed by atoms with Gasteiger partial charge in [0.2, 0.25) is 0 Å². The summed E-state index contributed by atoms with van der Waals surface area (Å²) in [5, 5.41) is 11.8. The number of nitrogens with zero attached hydrogens (tertiary/aromatic N) is 4. The summed E-state index contributed by atoms with van der Waals surface area (Å²) >= 11 is 5.49. The third-order valence-electron chi connectivity index (χ3n) is 13.4. The molecular weight excluding hydrogens is 955 g/mol. The monoisotopic (exact) mass is 1030 g/mol. The van der Waals surface area contributed by atoms with Crippen molar-refractivity contribution in [1.82, 2.24) is 25.1 Å². The van der Waals surface area contributed by atoms with E-state index >= 15 is 0 Å². The number of thiazole rings is 3. The molecule has 0 bridgehead atoms. The fourth-order valence-corrected chi connectivity index (χ4v) is 11.7. The number of hydrogen-bond acceptors (Lipinski definition) is 9. The zero-order valence-corrected chi connectivity index (χ0v) is 48.2. The fourth-order valence-electron chi connectivity index (χ4n) is 8.72. The summed E-state index contributed by atoms with van der Waals surface area (Å²) < 4.78 is 2.59. The van der Waals surface area contributed by atoms with E-state index in [2.05, 4.69) is 200 Å². The van der Waals surface area contributed by atoms with Gasteiger partial charge in [-0.1, -0.05) is 144 Å². The number of hydrogen-bond donors (Lipinski definition) is 1. The molecule has 5 aromatic carbocycles. The van der Waals surface area contributed by atoms with Crippen molar-refractivity contribution < 1.29 is 9.78 Å². The van der Waals surface area contributed by atoms with Gasteiger partial charge in [-0.15, -0.1) is 34.0 Å². The van der Waals surface area contributed by atoms with E-state index in [-0.39, 0.29) is 0 Å². The summed E-state index contributed by atoms with van der Waals surface area (Å²) in [6, 6.07) is 34.5. The Morgan fingerprint density at radius 2 is 1.10 bits per heavy atom. The first-order chi connectivity index (χ1) is 35.0. The van der Waals surface area contributed by atoms with Gasteiger partial charge in [-0.05, 0) is 145 Å². The summed E-state index contributed by atoms with van der Waals surface area (Å²) in [5.74, 6) is 4.42. The standard InChI is InChI=1S/C12H16.C11H13NS.C10H12N2.C10H15NS.C10H11NS.C10H12O2/c1-9(2)11-7-6-10-4-3-5-12(10)8-11;1-7(2)9-4-5-11-10(6-9)12-8(3)13-11;1-7(2)8-3-4-9-6-11-12-10(9)5-8;2*1-7(2)10-11-8-5-3-4-6-9(8)12-10;1-7(2)8-3-4-9-6-11-12-10(9)5-8/h6-9H,3-5H2,1-2H3;4-7H,1-3H3;3-7H,1-2H3,(H,11,12);7H,3-6H2,1-2H3;3-7H,1-2H3;3-5,7H,6H2,1-2H3. The molecule has 0 saturated heterocycles. The van der Waals surface area contributed by atoms with Crippen LogP contribution >= 0.6 is 34.0 Å². The molecule has 12 rings (SSSR count). The molecule has 2 aliphatic carbocycles. The number of aryl methyl sites for hydroxylation is 5. The van der Waals surface area contributed by atoms with Crippen LogP contribution in [0.25, 0.3) is 31.3 Å². The van der Waals surface area contributed by atoms with Crippen LogP contribution in [-0.2, 0) is 37.2 Å². The zero-order valence-electron chi connectivity index (χ0n) is 45.8. The van der Waals surface area contributed by atoms with Gasteiger partial charge in [0.25, 0.3) is 0 Å². The van der Waals surface area contributed by atoms with E-state index in [0.717, 1.165) is 32.9 Å². The van der Waals surface area contributed by atoms with Gasteiger partial charge in [-0.25, -0.2) is 15.0 Å². The van der Waals surface area contributed by atoms with Gasteiger partial charge >= 0.3 is 0 Å². The first-order valence-corrected chi connectivity index (χ1v) is 29.2. The van der Waals surface area contributed by atoms with Crippen LogP contribution in [0.5, 0.6) is 5.75 Å².